The number of amides is 2. The Hall–Kier alpha value is -3.58. The molecule has 7 heteroatoms. The highest BCUT2D eigenvalue weighted by molar-refractivity contribution is 8.00. The summed E-state index contributed by atoms with van der Waals surface area (Å²) in [6.07, 6.45) is 0.601. The van der Waals surface area contributed by atoms with Crippen LogP contribution in [0.2, 0.25) is 0 Å². The van der Waals surface area contributed by atoms with Crippen LogP contribution in [0.15, 0.2) is 77.7 Å². The number of aryl methyl sites for hydroxylation is 1. The number of carbonyl (C=O) groups excluding carboxylic acids is 2. The molecule has 0 bridgehead atoms. The Bertz CT molecular complexity index is 1110. The lowest BCUT2D eigenvalue weighted by atomic mass is 10.1. The second kappa shape index (κ2) is 10.6. The van der Waals surface area contributed by atoms with Crippen molar-refractivity contribution in [3.05, 3.63) is 89.5 Å². The summed E-state index contributed by atoms with van der Waals surface area (Å²) >= 11 is 1.41. The van der Waals surface area contributed by atoms with Gasteiger partial charge in [0.1, 0.15) is 0 Å². The standard InChI is InChI=1S/C25H24N2O4S/c1-3-22(24(29)26-19-13-11-18(12-14-19)25(30)31)32-21-6-4-5-20(15-21)27-23(28)17-9-7-16(2)8-10-17/h4-15,22H,3H2,1-2H3,(H,26,29)(H,27,28)(H,30,31). The number of hydrogen-bond donors (Lipinski definition) is 3. The molecule has 2 amide bonds. The largest absolute Gasteiger partial charge is 0.478 e. The first-order valence-corrected chi connectivity index (χ1v) is 11.0. The molecular weight excluding hydrogens is 424 g/mol. The van der Waals surface area contributed by atoms with Crippen molar-refractivity contribution in [3.63, 3.8) is 0 Å². The number of carbonyl (C=O) groups is 3. The van der Waals surface area contributed by atoms with Gasteiger partial charge in [0.05, 0.1) is 10.8 Å². The Kier molecular flexibility index (Phi) is 7.68. The third-order valence-electron chi connectivity index (χ3n) is 4.75. The second-order valence-corrected chi connectivity index (χ2v) is 8.51. The van der Waals surface area contributed by atoms with Crippen molar-refractivity contribution in [1.29, 1.82) is 0 Å². The fraction of sp³-hybridized carbons (Fsp3) is 0.160. The number of carboxylic acid groups (broad SMARTS) is 1. The molecule has 0 saturated carbocycles. The minimum Gasteiger partial charge on any atom is -0.478 e. The summed E-state index contributed by atoms with van der Waals surface area (Å²) in [6.45, 7) is 3.89. The lowest BCUT2D eigenvalue weighted by Gasteiger charge is -2.15. The molecule has 0 saturated heterocycles. The van der Waals surface area contributed by atoms with E-state index in [1.807, 2.05) is 44.2 Å². The molecule has 0 radical (unpaired) electrons. The predicted octanol–water partition coefficient (Wildman–Crippen LogP) is 5.45. The van der Waals surface area contributed by atoms with Crippen molar-refractivity contribution < 1.29 is 19.5 Å². The van der Waals surface area contributed by atoms with Crippen LogP contribution in [0.1, 0.15) is 39.6 Å². The zero-order valence-corrected chi connectivity index (χ0v) is 18.6. The molecule has 0 heterocycles. The molecular formula is C25H24N2O4S. The average molecular weight is 449 g/mol. The third-order valence-corrected chi connectivity index (χ3v) is 6.10. The van der Waals surface area contributed by atoms with Gasteiger partial charge in [0, 0.05) is 21.8 Å². The molecule has 0 spiro atoms. The van der Waals surface area contributed by atoms with Crippen LogP contribution in [0.25, 0.3) is 0 Å². The number of nitrogens with one attached hydrogen (secondary N) is 2. The van der Waals surface area contributed by atoms with Crippen LogP contribution in [0, 0.1) is 6.92 Å². The van der Waals surface area contributed by atoms with E-state index in [1.165, 1.54) is 23.9 Å². The summed E-state index contributed by atoms with van der Waals surface area (Å²) in [5.41, 5.74) is 3.02. The number of rotatable bonds is 8. The molecule has 1 atom stereocenters. The predicted molar refractivity (Wildman–Crippen MR) is 128 cm³/mol. The van der Waals surface area contributed by atoms with Crippen molar-refractivity contribution in [2.45, 2.75) is 30.4 Å². The Balaban J connectivity index is 1.64. The zero-order valence-electron chi connectivity index (χ0n) is 17.8. The Morgan fingerprint density at radius 1 is 0.875 bits per heavy atom. The van der Waals surface area contributed by atoms with Gasteiger partial charge in [-0.15, -0.1) is 11.8 Å². The lowest BCUT2D eigenvalue weighted by Crippen LogP contribution is -2.24. The number of anilines is 2. The molecule has 0 fully saturated rings. The monoisotopic (exact) mass is 448 g/mol. The molecule has 0 aliphatic rings. The van der Waals surface area contributed by atoms with Gasteiger partial charge in [0.15, 0.2) is 0 Å². The van der Waals surface area contributed by atoms with Gasteiger partial charge in [0.2, 0.25) is 5.91 Å². The van der Waals surface area contributed by atoms with Crippen molar-refractivity contribution in [1.82, 2.24) is 0 Å². The Morgan fingerprint density at radius 3 is 2.16 bits per heavy atom. The molecule has 1 unspecified atom stereocenters. The summed E-state index contributed by atoms with van der Waals surface area (Å²) in [5.74, 6) is -1.38. The van der Waals surface area contributed by atoms with Gasteiger partial charge in [0.25, 0.3) is 5.91 Å². The van der Waals surface area contributed by atoms with E-state index in [2.05, 4.69) is 10.6 Å². The first kappa shape index (κ1) is 23.1. The van der Waals surface area contributed by atoms with Gasteiger partial charge in [-0.05, 0) is 67.9 Å². The minimum absolute atomic E-state index is 0.161. The van der Waals surface area contributed by atoms with Crippen LogP contribution in [-0.4, -0.2) is 28.1 Å². The van der Waals surface area contributed by atoms with Crippen molar-refractivity contribution in [2.75, 3.05) is 10.6 Å². The van der Waals surface area contributed by atoms with Crippen molar-refractivity contribution >= 4 is 40.9 Å². The average Bonchev–Trinajstić information content (AvgIpc) is 2.78. The third kappa shape index (κ3) is 6.21. The van der Waals surface area contributed by atoms with E-state index in [4.69, 9.17) is 5.11 Å². The lowest BCUT2D eigenvalue weighted by molar-refractivity contribution is -0.115. The van der Waals surface area contributed by atoms with E-state index in [0.717, 1.165) is 10.5 Å². The van der Waals surface area contributed by atoms with Crippen LogP contribution in [-0.2, 0) is 4.79 Å². The first-order chi connectivity index (χ1) is 15.4. The quantitative estimate of drug-likeness (QED) is 0.398. The van der Waals surface area contributed by atoms with Crippen molar-refractivity contribution in [2.24, 2.45) is 0 Å². The van der Waals surface area contributed by atoms with Gasteiger partial charge >= 0.3 is 5.97 Å². The zero-order chi connectivity index (χ0) is 23.1. The smallest absolute Gasteiger partial charge is 0.335 e. The topological polar surface area (TPSA) is 95.5 Å². The first-order valence-electron chi connectivity index (χ1n) is 10.1. The molecule has 3 N–H and O–H groups in total. The second-order valence-electron chi connectivity index (χ2n) is 7.23. The van der Waals surface area contributed by atoms with Gasteiger partial charge in [-0.2, -0.15) is 0 Å². The van der Waals surface area contributed by atoms with E-state index >= 15 is 0 Å². The van der Waals surface area contributed by atoms with E-state index in [0.29, 0.717) is 23.4 Å². The van der Waals surface area contributed by atoms with Crippen molar-refractivity contribution in [3.8, 4) is 0 Å². The van der Waals surface area contributed by atoms with Gasteiger partial charge < -0.3 is 15.7 Å². The van der Waals surface area contributed by atoms with Gasteiger partial charge in [-0.3, -0.25) is 9.59 Å². The van der Waals surface area contributed by atoms with Crippen LogP contribution in [0.3, 0.4) is 0 Å². The highest BCUT2D eigenvalue weighted by Gasteiger charge is 2.19. The Labute approximate surface area is 191 Å². The number of thioether (sulfide) groups is 1. The van der Waals surface area contributed by atoms with Crippen LogP contribution in [0.4, 0.5) is 11.4 Å². The minimum atomic E-state index is -1.01. The number of benzene rings is 3. The maximum Gasteiger partial charge on any atom is 0.335 e. The summed E-state index contributed by atoms with van der Waals surface area (Å²) in [6, 6.07) is 20.8. The normalized spacial score (nSPS) is 11.4. The number of carboxylic acids is 1. The summed E-state index contributed by atoms with van der Waals surface area (Å²) < 4.78 is 0. The number of hydrogen-bond acceptors (Lipinski definition) is 4. The van der Waals surface area contributed by atoms with E-state index in [-0.39, 0.29) is 22.6 Å². The van der Waals surface area contributed by atoms with Crippen LogP contribution in [0.5, 0.6) is 0 Å². The molecule has 3 aromatic rings. The summed E-state index contributed by atoms with van der Waals surface area (Å²) in [5, 5.41) is 14.4. The fourth-order valence-corrected chi connectivity index (χ4v) is 3.97. The van der Waals surface area contributed by atoms with Gasteiger partial charge in [-0.25, -0.2) is 4.79 Å². The highest BCUT2D eigenvalue weighted by atomic mass is 32.2. The van der Waals surface area contributed by atoms with E-state index in [1.54, 1.807) is 30.3 Å². The maximum atomic E-state index is 12.7. The molecule has 0 aliphatic heterocycles. The maximum absolute atomic E-state index is 12.7. The molecule has 32 heavy (non-hydrogen) atoms. The van der Waals surface area contributed by atoms with Crippen LogP contribution < -0.4 is 10.6 Å². The highest BCUT2D eigenvalue weighted by Crippen LogP contribution is 2.29. The SMILES string of the molecule is CCC(Sc1cccc(NC(=O)c2ccc(C)cc2)c1)C(=O)Nc1ccc(C(=O)O)cc1. The molecule has 164 valence electrons. The van der Waals surface area contributed by atoms with Gasteiger partial charge in [-0.1, -0.05) is 30.7 Å². The van der Waals surface area contributed by atoms with E-state index < -0.39 is 5.97 Å². The molecule has 6 nitrogen and oxygen atoms in total. The molecule has 0 aliphatic carbocycles. The molecule has 0 aromatic heterocycles. The molecule has 3 rings (SSSR count). The Morgan fingerprint density at radius 2 is 1.53 bits per heavy atom. The number of aromatic carboxylic acids is 1. The van der Waals surface area contributed by atoms with Crippen LogP contribution >= 0.6 is 11.8 Å². The summed E-state index contributed by atoms with van der Waals surface area (Å²) in [4.78, 5) is 37.0. The van der Waals surface area contributed by atoms with E-state index in [9.17, 15) is 14.4 Å². The summed E-state index contributed by atoms with van der Waals surface area (Å²) in [7, 11) is 0. The molecule has 3 aromatic carbocycles. The fourth-order valence-electron chi connectivity index (χ4n) is 2.96.